The summed E-state index contributed by atoms with van der Waals surface area (Å²) in [5.74, 6) is 0. The molecule has 2 rings (SSSR count). The van der Waals surface area contributed by atoms with Crippen LogP contribution in [0.5, 0.6) is 0 Å². The molecule has 0 fully saturated rings. The highest BCUT2D eigenvalue weighted by Gasteiger charge is 2.10. The second-order valence-corrected chi connectivity index (χ2v) is 3.16. The van der Waals surface area contributed by atoms with Crippen molar-refractivity contribution < 1.29 is 4.92 Å². The first kappa shape index (κ1) is 9.86. The molecule has 0 saturated carbocycles. The number of nitro groups is 1. The Kier molecular flexibility index (Phi) is 2.14. The standard InChI is InChI=1S/C10H6N4O2/c11-4-6-5-13-9-2-1-7(14(15)16)3-8(9)10(6)12/h1-3,5H,(H2,12,13). The van der Waals surface area contributed by atoms with Gasteiger partial charge in [-0.2, -0.15) is 5.26 Å². The van der Waals surface area contributed by atoms with Gasteiger partial charge in [0.25, 0.3) is 5.69 Å². The van der Waals surface area contributed by atoms with E-state index in [4.69, 9.17) is 11.0 Å². The summed E-state index contributed by atoms with van der Waals surface area (Å²) in [4.78, 5) is 14.1. The van der Waals surface area contributed by atoms with Crippen LogP contribution in [-0.4, -0.2) is 9.91 Å². The molecule has 0 radical (unpaired) electrons. The zero-order valence-corrected chi connectivity index (χ0v) is 8.04. The quantitative estimate of drug-likeness (QED) is 0.573. The Morgan fingerprint density at radius 2 is 2.25 bits per heavy atom. The third kappa shape index (κ3) is 1.40. The molecule has 0 bridgehead atoms. The van der Waals surface area contributed by atoms with E-state index in [9.17, 15) is 10.1 Å². The largest absolute Gasteiger partial charge is 0.397 e. The van der Waals surface area contributed by atoms with E-state index in [1.54, 1.807) is 0 Å². The maximum absolute atomic E-state index is 10.6. The molecule has 6 heteroatoms. The van der Waals surface area contributed by atoms with Crippen molar-refractivity contribution in [1.82, 2.24) is 4.98 Å². The number of nitrogens with zero attached hydrogens (tertiary/aromatic N) is 3. The van der Waals surface area contributed by atoms with Gasteiger partial charge >= 0.3 is 0 Å². The average Bonchev–Trinajstić information content (AvgIpc) is 2.29. The molecule has 2 aromatic rings. The van der Waals surface area contributed by atoms with E-state index < -0.39 is 4.92 Å². The number of non-ortho nitro benzene ring substituents is 1. The molecule has 1 aromatic heterocycles. The summed E-state index contributed by atoms with van der Waals surface area (Å²) in [7, 11) is 0. The van der Waals surface area contributed by atoms with Crippen LogP contribution in [0.3, 0.4) is 0 Å². The Hall–Kier alpha value is -2.68. The van der Waals surface area contributed by atoms with Crippen molar-refractivity contribution in [3.8, 4) is 6.07 Å². The van der Waals surface area contributed by atoms with Gasteiger partial charge in [0.15, 0.2) is 0 Å². The van der Waals surface area contributed by atoms with Crippen LogP contribution in [0.15, 0.2) is 24.4 Å². The molecule has 16 heavy (non-hydrogen) atoms. The van der Waals surface area contributed by atoms with E-state index in [-0.39, 0.29) is 16.9 Å². The highest BCUT2D eigenvalue weighted by molar-refractivity contribution is 5.93. The highest BCUT2D eigenvalue weighted by atomic mass is 16.6. The van der Waals surface area contributed by atoms with E-state index in [0.717, 1.165) is 0 Å². The van der Waals surface area contributed by atoms with Gasteiger partial charge in [-0.25, -0.2) is 0 Å². The monoisotopic (exact) mass is 214 g/mol. The average molecular weight is 214 g/mol. The minimum Gasteiger partial charge on any atom is -0.397 e. The Morgan fingerprint density at radius 1 is 1.50 bits per heavy atom. The number of rotatable bonds is 1. The summed E-state index contributed by atoms with van der Waals surface area (Å²) in [5.41, 5.74) is 6.60. The van der Waals surface area contributed by atoms with Crippen LogP contribution in [0, 0.1) is 21.4 Å². The van der Waals surface area contributed by atoms with E-state index in [1.807, 2.05) is 6.07 Å². The summed E-state index contributed by atoms with van der Waals surface area (Å²) < 4.78 is 0. The number of nitro benzene ring substituents is 1. The number of benzene rings is 1. The molecule has 0 saturated heterocycles. The maximum atomic E-state index is 10.6. The fourth-order valence-corrected chi connectivity index (χ4v) is 1.40. The first-order chi connectivity index (χ1) is 7.63. The predicted molar refractivity (Wildman–Crippen MR) is 57.5 cm³/mol. The van der Waals surface area contributed by atoms with Gasteiger partial charge in [0.2, 0.25) is 0 Å². The fourth-order valence-electron chi connectivity index (χ4n) is 1.40. The Bertz CT molecular complexity index is 630. The second-order valence-electron chi connectivity index (χ2n) is 3.16. The lowest BCUT2D eigenvalue weighted by Gasteiger charge is -2.02. The van der Waals surface area contributed by atoms with Gasteiger partial charge in [-0.05, 0) is 6.07 Å². The second kappa shape index (κ2) is 3.47. The molecule has 0 amide bonds. The SMILES string of the molecule is N#Cc1cnc2ccc([N+](=O)[O-])cc2c1N. The van der Waals surface area contributed by atoms with Crippen molar-refractivity contribution in [3.63, 3.8) is 0 Å². The molecule has 0 aliphatic heterocycles. The molecule has 0 atom stereocenters. The van der Waals surface area contributed by atoms with Crippen molar-refractivity contribution in [2.45, 2.75) is 0 Å². The van der Waals surface area contributed by atoms with E-state index >= 15 is 0 Å². The van der Waals surface area contributed by atoms with Gasteiger partial charge in [-0.15, -0.1) is 0 Å². The molecule has 6 nitrogen and oxygen atoms in total. The van der Waals surface area contributed by atoms with Gasteiger partial charge in [0, 0.05) is 23.7 Å². The molecule has 1 heterocycles. The Morgan fingerprint density at radius 3 is 2.88 bits per heavy atom. The Labute approximate surface area is 90.1 Å². The molecule has 0 aliphatic carbocycles. The van der Waals surface area contributed by atoms with Crippen molar-refractivity contribution in [1.29, 1.82) is 5.26 Å². The lowest BCUT2D eigenvalue weighted by atomic mass is 10.1. The smallest absolute Gasteiger partial charge is 0.270 e. The molecule has 1 aromatic carbocycles. The molecular weight excluding hydrogens is 208 g/mol. The summed E-state index contributed by atoms with van der Waals surface area (Å²) >= 11 is 0. The van der Waals surface area contributed by atoms with E-state index in [0.29, 0.717) is 10.9 Å². The van der Waals surface area contributed by atoms with Gasteiger partial charge < -0.3 is 5.73 Å². The molecular formula is C10H6N4O2. The third-order valence-corrected chi connectivity index (χ3v) is 2.22. The van der Waals surface area contributed by atoms with Crippen molar-refractivity contribution >= 4 is 22.3 Å². The fraction of sp³-hybridized carbons (Fsp3) is 0. The first-order valence-corrected chi connectivity index (χ1v) is 4.36. The van der Waals surface area contributed by atoms with Gasteiger partial charge in [0.05, 0.1) is 21.7 Å². The third-order valence-electron chi connectivity index (χ3n) is 2.22. The zero-order valence-electron chi connectivity index (χ0n) is 8.04. The summed E-state index contributed by atoms with van der Waals surface area (Å²) in [6, 6.07) is 6.05. The number of hydrogen-bond donors (Lipinski definition) is 1. The number of hydrogen-bond acceptors (Lipinski definition) is 5. The molecule has 0 spiro atoms. The number of nitrogen functional groups attached to an aromatic ring is 1. The number of nitrogens with two attached hydrogens (primary N) is 1. The summed E-state index contributed by atoms with van der Waals surface area (Å²) in [5, 5.41) is 19.8. The maximum Gasteiger partial charge on any atom is 0.270 e. The van der Waals surface area contributed by atoms with E-state index in [2.05, 4.69) is 4.98 Å². The lowest BCUT2D eigenvalue weighted by Crippen LogP contribution is -1.95. The number of aromatic nitrogens is 1. The predicted octanol–water partition coefficient (Wildman–Crippen LogP) is 1.60. The van der Waals surface area contributed by atoms with E-state index in [1.165, 1.54) is 24.4 Å². The van der Waals surface area contributed by atoms with Crippen molar-refractivity contribution in [2.75, 3.05) is 5.73 Å². The molecule has 78 valence electrons. The van der Waals surface area contributed by atoms with Crippen LogP contribution in [0.4, 0.5) is 11.4 Å². The van der Waals surface area contributed by atoms with Crippen LogP contribution in [0.25, 0.3) is 10.9 Å². The molecule has 0 unspecified atom stereocenters. The number of nitriles is 1. The minimum absolute atomic E-state index is 0.0731. The van der Waals surface area contributed by atoms with Gasteiger partial charge in [-0.3, -0.25) is 15.1 Å². The minimum atomic E-state index is -0.516. The summed E-state index contributed by atoms with van der Waals surface area (Å²) in [6.07, 6.45) is 1.35. The number of anilines is 1. The first-order valence-electron chi connectivity index (χ1n) is 4.36. The Balaban J connectivity index is 2.80. The van der Waals surface area contributed by atoms with Gasteiger partial charge in [-0.1, -0.05) is 0 Å². The topological polar surface area (TPSA) is 106 Å². The van der Waals surface area contributed by atoms with Crippen LogP contribution in [0.2, 0.25) is 0 Å². The zero-order chi connectivity index (χ0) is 11.7. The normalized spacial score (nSPS) is 9.94. The van der Waals surface area contributed by atoms with Crippen LogP contribution >= 0.6 is 0 Å². The van der Waals surface area contributed by atoms with Crippen LogP contribution in [-0.2, 0) is 0 Å². The van der Waals surface area contributed by atoms with Gasteiger partial charge in [0.1, 0.15) is 6.07 Å². The number of pyridine rings is 1. The molecule has 2 N–H and O–H groups in total. The van der Waals surface area contributed by atoms with Crippen molar-refractivity contribution in [3.05, 3.63) is 40.1 Å². The van der Waals surface area contributed by atoms with Crippen LogP contribution < -0.4 is 5.73 Å². The lowest BCUT2D eigenvalue weighted by molar-refractivity contribution is -0.384. The summed E-state index contributed by atoms with van der Waals surface area (Å²) in [6.45, 7) is 0. The number of fused-ring (bicyclic) bond motifs is 1. The van der Waals surface area contributed by atoms with Crippen LogP contribution in [0.1, 0.15) is 5.56 Å². The van der Waals surface area contributed by atoms with Crippen molar-refractivity contribution in [2.24, 2.45) is 0 Å². The molecule has 0 aliphatic rings. The highest BCUT2D eigenvalue weighted by Crippen LogP contribution is 2.26.